The van der Waals surface area contributed by atoms with Gasteiger partial charge in [0.05, 0.1) is 31.4 Å². The SMILES string of the molecule is CCCOc1ccc(/C(O)=C2\C(=O)C(=O)N(CCN3CCOCC3)[C@@H]2c2ccc(C(C)(C)C)cc2)cc1. The van der Waals surface area contributed by atoms with Gasteiger partial charge in [0.1, 0.15) is 11.5 Å². The van der Waals surface area contributed by atoms with Crippen LogP contribution >= 0.6 is 0 Å². The van der Waals surface area contributed by atoms with Crippen molar-refractivity contribution in [2.75, 3.05) is 46.0 Å². The maximum absolute atomic E-state index is 13.3. The van der Waals surface area contributed by atoms with E-state index in [-0.39, 0.29) is 16.7 Å². The van der Waals surface area contributed by atoms with Crippen LogP contribution in [0.15, 0.2) is 54.1 Å². The number of aliphatic hydroxyl groups excluding tert-OH is 1. The maximum atomic E-state index is 13.3. The summed E-state index contributed by atoms with van der Waals surface area (Å²) in [5, 5.41) is 11.3. The van der Waals surface area contributed by atoms with Crippen molar-refractivity contribution in [2.45, 2.75) is 45.6 Å². The van der Waals surface area contributed by atoms with Crippen molar-refractivity contribution in [3.63, 3.8) is 0 Å². The number of likely N-dealkylation sites (tertiary alicyclic amines) is 1. The number of hydrogen-bond donors (Lipinski definition) is 1. The van der Waals surface area contributed by atoms with Crippen LogP contribution in [0.25, 0.3) is 5.76 Å². The van der Waals surface area contributed by atoms with Gasteiger partial charge in [0.2, 0.25) is 0 Å². The Labute approximate surface area is 219 Å². The van der Waals surface area contributed by atoms with Gasteiger partial charge in [-0.3, -0.25) is 14.5 Å². The van der Waals surface area contributed by atoms with E-state index >= 15 is 0 Å². The largest absolute Gasteiger partial charge is 0.507 e. The van der Waals surface area contributed by atoms with E-state index in [2.05, 4.69) is 25.7 Å². The number of amides is 1. The van der Waals surface area contributed by atoms with Crippen LogP contribution in [-0.2, 0) is 19.7 Å². The Kier molecular flexibility index (Phi) is 8.35. The first kappa shape index (κ1) is 26.9. The van der Waals surface area contributed by atoms with Crippen molar-refractivity contribution in [3.8, 4) is 5.75 Å². The predicted molar refractivity (Wildman–Crippen MR) is 144 cm³/mol. The third kappa shape index (κ3) is 6.05. The van der Waals surface area contributed by atoms with Gasteiger partial charge >= 0.3 is 0 Å². The monoisotopic (exact) mass is 506 g/mol. The first-order valence-electron chi connectivity index (χ1n) is 13.1. The lowest BCUT2D eigenvalue weighted by atomic mass is 9.85. The number of aliphatic hydroxyl groups is 1. The van der Waals surface area contributed by atoms with Crippen LogP contribution in [0.4, 0.5) is 0 Å². The Morgan fingerprint density at radius 2 is 1.65 bits per heavy atom. The van der Waals surface area contributed by atoms with Gasteiger partial charge < -0.3 is 19.5 Å². The standard InChI is InChI=1S/C30H38N2O5/c1-5-18-37-24-12-8-22(9-13-24)27(33)25-26(21-6-10-23(11-7-21)30(2,3)4)32(29(35)28(25)34)15-14-31-16-19-36-20-17-31/h6-13,26,33H,5,14-20H2,1-4H3/b27-25+/t26-/m1/s1. The maximum Gasteiger partial charge on any atom is 0.295 e. The highest BCUT2D eigenvalue weighted by Crippen LogP contribution is 2.40. The van der Waals surface area contributed by atoms with Crippen molar-refractivity contribution in [1.29, 1.82) is 0 Å². The first-order valence-corrected chi connectivity index (χ1v) is 13.1. The van der Waals surface area contributed by atoms with Crippen molar-refractivity contribution < 1.29 is 24.2 Å². The van der Waals surface area contributed by atoms with E-state index in [1.165, 1.54) is 0 Å². The summed E-state index contributed by atoms with van der Waals surface area (Å²) in [5.41, 5.74) is 2.53. The average molecular weight is 507 g/mol. The molecule has 1 N–H and O–H groups in total. The molecule has 4 rings (SSSR count). The van der Waals surface area contributed by atoms with E-state index in [4.69, 9.17) is 9.47 Å². The molecule has 1 amide bonds. The molecule has 7 heteroatoms. The fourth-order valence-electron chi connectivity index (χ4n) is 4.78. The number of benzene rings is 2. The minimum Gasteiger partial charge on any atom is -0.507 e. The number of ketones is 1. The molecule has 0 spiro atoms. The minimum atomic E-state index is -0.661. The van der Waals surface area contributed by atoms with Crippen LogP contribution in [0.2, 0.25) is 0 Å². The van der Waals surface area contributed by atoms with Gasteiger partial charge in [-0.25, -0.2) is 0 Å². The van der Waals surface area contributed by atoms with Crippen LogP contribution in [-0.4, -0.2) is 72.6 Å². The molecule has 0 aliphatic carbocycles. The van der Waals surface area contributed by atoms with Crippen LogP contribution in [0.3, 0.4) is 0 Å². The molecular formula is C30H38N2O5. The summed E-state index contributed by atoms with van der Waals surface area (Å²) in [6.07, 6.45) is 0.892. The highest BCUT2D eigenvalue weighted by atomic mass is 16.5. The lowest BCUT2D eigenvalue weighted by molar-refractivity contribution is -0.140. The molecule has 2 aliphatic heterocycles. The topological polar surface area (TPSA) is 79.3 Å². The van der Waals surface area contributed by atoms with E-state index in [9.17, 15) is 14.7 Å². The molecule has 0 radical (unpaired) electrons. The molecule has 0 saturated carbocycles. The average Bonchev–Trinajstić information content (AvgIpc) is 3.15. The number of hydrogen-bond acceptors (Lipinski definition) is 6. The Morgan fingerprint density at radius 3 is 2.24 bits per heavy atom. The van der Waals surface area contributed by atoms with Gasteiger partial charge in [-0.05, 0) is 47.2 Å². The summed E-state index contributed by atoms with van der Waals surface area (Å²) in [6.45, 7) is 13.0. The zero-order valence-corrected chi connectivity index (χ0v) is 22.3. The molecule has 37 heavy (non-hydrogen) atoms. The first-order chi connectivity index (χ1) is 17.7. The van der Waals surface area contributed by atoms with Crippen LogP contribution < -0.4 is 4.74 Å². The number of carbonyl (C=O) groups is 2. The molecule has 0 unspecified atom stereocenters. The molecule has 7 nitrogen and oxygen atoms in total. The second-order valence-electron chi connectivity index (χ2n) is 10.7. The van der Waals surface area contributed by atoms with Crippen molar-refractivity contribution in [3.05, 3.63) is 70.8 Å². The molecule has 2 aromatic carbocycles. The van der Waals surface area contributed by atoms with Crippen molar-refractivity contribution >= 4 is 17.4 Å². The molecule has 2 aliphatic rings. The third-order valence-corrected chi connectivity index (χ3v) is 6.99. The van der Waals surface area contributed by atoms with Gasteiger partial charge in [-0.2, -0.15) is 0 Å². The molecule has 2 saturated heterocycles. The zero-order valence-electron chi connectivity index (χ0n) is 22.3. The van der Waals surface area contributed by atoms with Gasteiger partial charge in [-0.15, -0.1) is 0 Å². The van der Waals surface area contributed by atoms with E-state index < -0.39 is 17.7 Å². The molecule has 1 atom stereocenters. The van der Waals surface area contributed by atoms with E-state index in [0.29, 0.717) is 44.2 Å². The normalized spacial score (nSPS) is 20.4. The van der Waals surface area contributed by atoms with Gasteiger partial charge in [0.15, 0.2) is 0 Å². The van der Waals surface area contributed by atoms with Gasteiger partial charge in [-0.1, -0.05) is 52.0 Å². The zero-order chi connectivity index (χ0) is 26.6. The number of carbonyl (C=O) groups excluding carboxylic acids is 2. The Balaban J connectivity index is 1.70. The number of Topliss-reactive ketones (excluding diaryl/α,β-unsaturated/α-hetero) is 1. The highest BCUT2D eigenvalue weighted by Gasteiger charge is 2.46. The van der Waals surface area contributed by atoms with E-state index in [1.807, 2.05) is 31.2 Å². The van der Waals surface area contributed by atoms with Crippen LogP contribution in [0.1, 0.15) is 56.8 Å². The van der Waals surface area contributed by atoms with Gasteiger partial charge in [0.25, 0.3) is 11.7 Å². The molecule has 0 aromatic heterocycles. The summed E-state index contributed by atoms with van der Waals surface area (Å²) in [6, 6.07) is 14.3. The summed E-state index contributed by atoms with van der Waals surface area (Å²) < 4.78 is 11.1. The smallest absolute Gasteiger partial charge is 0.295 e. The number of ether oxygens (including phenoxy) is 2. The third-order valence-electron chi connectivity index (χ3n) is 6.99. The summed E-state index contributed by atoms with van der Waals surface area (Å²) >= 11 is 0. The number of nitrogens with zero attached hydrogens (tertiary/aromatic N) is 2. The molecule has 198 valence electrons. The highest BCUT2D eigenvalue weighted by molar-refractivity contribution is 6.46. The molecule has 0 bridgehead atoms. The second kappa shape index (κ2) is 11.5. The molecule has 2 heterocycles. The summed E-state index contributed by atoms with van der Waals surface area (Å²) in [4.78, 5) is 30.4. The van der Waals surface area contributed by atoms with Crippen molar-refractivity contribution in [2.24, 2.45) is 0 Å². The Hall–Kier alpha value is -3.16. The molecular weight excluding hydrogens is 468 g/mol. The lowest BCUT2D eigenvalue weighted by Gasteiger charge is -2.31. The molecule has 2 fully saturated rings. The van der Waals surface area contributed by atoms with Crippen LogP contribution in [0, 0.1) is 0 Å². The second-order valence-corrected chi connectivity index (χ2v) is 10.7. The fourth-order valence-corrected chi connectivity index (χ4v) is 4.78. The van der Waals surface area contributed by atoms with Gasteiger partial charge in [0, 0.05) is 31.7 Å². The number of morpholine rings is 1. The van der Waals surface area contributed by atoms with E-state index in [0.717, 1.165) is 30.6 Å². The Morgan fingerprint density at radius 1 is 1.00 bits per heavy atom. The van der Waals surface area contributed by atoms with Crippen LogP contribution in [0.5, 0.6) is 5.75 Å². The fraction of sp³-hybridized carbons (Fsp3) is 0.467. The summed E-state index contributed by atoms with van der Waals surface area (Å²) in [5.74, 6) is -0.712. The summed E-state index contributed by atoms with van der Waals surface area (Å²) in [7, 11) is 0. The Bertz CT molecular complexity index is 1130. The van der Waals surface area contributed by atoms with E-state index in [1.54, 1.807) is 29.2 Å². The predicted octanol–water partition coefficient (Wildman–Crippen LogP) is 4.53. The minimum absolute atomic E-state index is 0.0295. The lowest BCUT2D eigenvalue weighted by Crippen LogP contribution is -2.42. The quantitative estimate of drug-likeness (QED) is 0.322. The molecule has 2 aromatic rings. The number of rotatable bonds is 8. The van der Waals surface area contributed by atoms with Crippen molar-refractivity contribution in [1.82, 2.24) is 9.80 Å².